The van der Waals surface area contributed by atoms with Crippen LogP contribution in [0.2, 0.25) is 0 Å². The van der Waals surface area contributed by atoms with E-state index < -0.39 is 0 Å². The summed E-state index contributed by atoms with van der Waals surface area (Å²) in [7, 11) is 0. The maximum Gasteiger partial charge on any atom is 0.271 e. The van der Waals surface area contributed by atoms with Gasteiger partial charge in [-0.3, -0.25) is 9.36 Å². The van der Waals surface area contributed by atoms with Gasteiger partial charge < -0.3 is 9.84 Å². The smallest absolute Gasteiger partial charge is 0.271 e. The Kier molecular flexibility index (Phi) is 4.98. The molecule has 0 bridgehead atoms. The van der Waals surface area contributed by atoms with Gasteiger partial charge in [0.1, 0.15) is 17.8 Å². The van der Waals surface area contributed by atoms with Crippen molar-refractivity contribution in [2.75, 3.05) is 0 Å². The summed E-state index contributed by atoms with van der Waals surface area (Å²) in [6.07, 6.45) is 4.85. The van der Waals surface area contributed by atoms with Crippen LogP contribution in [0.4, 0.5) is 0 Å². The molecule has 0 aliphatic rings. The van der Waals surface area contributed by atoms with E-state index in [1.54, 1.807) is 40.7 Å². The van der Waals surface area contributed by atoms with E-state index in [0.717, 1.165) is 10.4 Å². The number of imidazole rings is 1. The first-order chi connectivity index (χ1) is 13.9. The third-order valence-electron chi connectivity index (χ3n) is 4.17. The molecule has 148 valence electrons. The Balaban J connectivity index is 1.51. The highest BCUT2D eigenvalue weighted by Gasteiger charge is 2.21. The van der Waals surface area contributed by atoms with Crippen LogP contribution in [-0.2, 0) is 12.0 Å². The minimum Gasteiger partial charge on any atom is -0.346 e. The zero-order valence-electron chi connectivity index (χ0n) is 16.3. The van der Waals surface area contributed by atoms with Crippen molar-refractivity contribution in [3.8, 4) is 17.3 Å². The third-order valence-corrected chi connectivity index (χ3v) is 5.05. The average molecular weight is 408 g/mol. The van der Waals surface area contributed by atoms with Crippen LogP contribution in [0.3, 0.4) is 0 Å². The molecule has 4 rings (SSSR count). The van der Waals surface area contributed by atoms with Crippen molar-refractivity contribution < 1.29 is 9.32 Å². The van der Waals surface area contributed by atoms with E-state index in [0.29, 0.717) is 29.8 Å². The van der Waals surface area contributed by atoms with E-state index in [9.17, 15) is 4.79 Å². The number of pyridine rings is 1. The number of hydrogen-bond donors (Lipinski definition) is 1. The predicted molar refractivity (Wildman–Crippen MR) is 109 cm³/mol. The summed E-state index contributed by atoms with van der Waals surface area (Å²) < 4.78 is 7.09. The predicted octanol–water partition coefficient (Wildman–Crippen LogP) is 3.61. The molecular formula is C20H20N6O2S. The van der Waals surface area contributed by atoms with Crippen LogP contribution in [0, 0.1) is 0 Å². The van der Waals surface area contributed by atoms with Gasteiger partial charge in [-0.1, -0.05) is 32.0 Å². The first-order valence-corrected chi connectivity index (χ1v) is 9.94. The van der Waals surface area contributed by atoms with Crippen LogP contribution in [0.1, 0.15) is 42.0 Å². The number of rotatable bonds is 5. The minimum absolute atomic E-state index is 0.201. The van der Waals surface area contributed by atoms with Crippen LogP contribution < -0.4 is 5.32 Å². The molecule has 0 aliphatic carbocycles. The summed E-state index contributed by atoms with van der Waals surface area (Å²) in [4.78, 5) is 26.4. The van der Waals surface area contributed by atoms with Gasteiger partial charge in [-0.2, -0.15) is 4.98 Å². The summed E-state index contributed by atoms with van der Waals surface area (Å²) in [5.74, 6) is 1.42. The number of carbonyl (C=O) groups is 1. The van der Waals surface area contributed by atoms with Crippen LogP contribution in [-0.4, -0.2) is 30.6 Å². The molecule has 0 aromatic carbocycles. The van der Waals surface area contributed by atoms with E-state index >= 15 is 0 Å². The Bertz CT molecular complexity index is 1120. The van der Waals surface area contributed by atoms with Gasteiger partial charge in [0.05, 0.1) is 6.54 Å². The number of hydrogen-bond acceptors (Lipinski definition) is 7. The highest BCUT2D eigenvalue weighted by molar-refractivity contribution is 7.09. The summed E-state index contributed by atoms with van der Waals surface area (Å²) in [6.45, 7) is 6.55. The molecule has 0 atom stereocenters. The minimum atomic E-state index is -0.236. The van der Waals surface area contributed by atoms with Crippen LogP contribution in [0.15, 0.2) is 52.9 Å². The van der Waals surface area contributed by atoms with Crippen molar-refractivity contribution in [1.82, 2.24) is 30.0 Å². The molecule has 0 saturated heterocycles. The Morgan fingerprint density at radius 3 is 2.86 bits per heavy atom. The fourth-order valence-electron chi connectivity index (χ4n) is 2.57. The number of nitrogens with zero attached hydrogens (tertiary/aromatic N) is 5. The lowest BCUT2D eigenvalue weighted by Gasteiger charge is -2.10. The van der Waals surface area contributed by atoms with E-state index in [1.165, 1.54) is 0 Å². The molecule has 0 radical (unpaired) electrons. The van der Waals surface area contributed by atoms with Crippen LogP contribution in [0.25, 0.3) is 17.3 Å². The number of nitrogens with one attached hydrogen (secondary N) is 1. The molecule has 0 aliphatic heterocycles. The van der Waals surface area contributed by atoms with Crippen molar-refractivity contribution in [2.45, 2.75) is 32.7 Å². The first kappa shape index (κ1) is 19.0. The molecule has 0 spiro atoms. The molecule has 4 heterocycles. The van der Waals surface area contributed by atoms with Crippen molar-refractivity contribution in [2.24, 2.45) is 0 Å². The molecule has 1 amide bonds. The number of aromatic nitrogens is 5. The summed E-state index contributed by atoms with van der Waals surface area (Å²) >= 11 is 1.59. The molecule has 0 fully saturated rings. The van der Waals surface area contributed by atoms with Crippen LogP contribution in [0.5, 0.6) is 0 Å². The van der Waals surface area contributed by atoms with Gasteiger partial charge in [-0.15, -0.1) is 11.3 Å². The van der Waals surface area contributed by atoms with Gasteiger partial charge in [-0.05, 0) is 23.6 Å². The second kappa shape index (κ2) is 7.59. The fraction of sp³-hybridized carbons (Fsp3) is 0.250. The summed E-state index contributed by atoms with van der Waals surface area (Å²) in [5.41, 5.74) is 0.866. The summed E-state index contributed by atoms with van der Waals surface area (Å²) in [6, 6.07) is 7.54. The lowest BCUT2D eigenvalue weighted by molar-refractivity contribution is 0.0946. The standard InChI is InChI=1S/C20H20N6O2S/c1-20(2,3)19-24-18(28-25-19)13-6-7-21-16(9-13)26-11-15(23-12-26)17(27)22-10-14-5-4-8-29-14/h4-9,11-12H,10H2,1-3H3,(H,22,27). The van der Waals surface area contributed by atoms with Gasteiger partial charge >= 0.3 is 0 Å². The first-order valence-electron chi connectivity index (χ1n) is 9.06. The lowest BCUT2D eigenvalue weighted by atomic mass is 9.96. The Morgan fingerprint density at radius 2 is 2.14 bits per heavy atom. The van der Waals surface area contributed by atoms with E-state index in [1.807, 2.05) is 44.4 Å². The molecule has 4 aromatic rings. The van der Waals surface area contributed by atoms with Gasteiger partial charge in [0.25, 0.3) is 11.8 Å². The van der Waals surface area contributed by atoms with Crippen LogP contribution >= 0.6 is 11.3 Å². The van der Waals surface area contributed by atoms with Gasteiger partial charge in [0.2, 0.25) is 0 Å². The quantitative estimate of drug-likeness (QED) is 0.542. The van der Waals surface area contributed by atoms with E-state index in [4.69, 9.17) is 4.52 Å². The maximum atomic E-state index is 12.3. The lowest BCUT2D eigenvalue weighted by Crippen LogP contribution is -2.22. The normalized spacial score (nSPS) is 11.6. The zero-order valence-corrected chi connectivity index (χ0v) is 17.1. The van der Waals surface area contributed by atoms with Crippen molar-refractivity contribution in [1.29, 1.82) is 0 Å². The molecule has 0 saturated carbocycles. The van der Waals surface area contributed by atoms with E-state index in [2.05, 4.69) is 25.4 Å². The molecule has 8 nitrogen and oxygen atoms in total. The highest BCUT2D eigenvalue weighted by atomic mass is 32.1. The topological polar surface area (TPSA) is 98.7 Å². The van der Waals surface area contributed by atoms with Gasteiger partial charge in [0, 0.05) is 28.2 Å². The average Bonchev–Trinajstić information content (AvgIpc) is 3.47. The highest BCUT2D eigenvalue weighted by Crippen LogP contribution is 2.24. The second-order valence-electron chi connectivity index (χ2n) is 7.50. The molecule has 0 unspecified atom stereocenters. The van der Waals surface area contributed by atoms with Crippen molar-refractivity contribution in [3.63, 3.8) is 0 Å². The monoisotopic (exact) mass is 408 g/mol. The number of amides is 1. The SMILES string of the molecule is CC(C)(C)c1noc(-c2ccnc(-n3cnc(C(=O)NCc4cccs4)c3)c2)n1. The Labute approximate surface area is 171 Å². The van der Waals surface area contributed by atoms with Crippen molar-refractivity contribution in [3.05, 3.63) is 64.8 Å². The molecule has 1 N–H and O–H groups in total. The molecular weight excluding hydrogens is 388 g/mol. The Hall–Kier alpha value is -3.33. The fourth-order valence-corrected chi connectivity index (χ4v) is 3.22. The largest absolute Gasteiger partial charge is 0.346 e. The molecule has 29 heavy (non-hydrogen) atoms. The molecule has 4 aromatic heterocycles. The number of thiophene rings is 1. The van der Waals surface area contributed by atoms with Gasteiger partial charge in [0.15, 0.2) is 5.82 Å². The van der Waals surface area contributed by atoms with Crippen molar-refractivity contribution >= 4 is 17.2 Å². The maximum absolute atomic E-state index is 12.3. The Morgan fingerprint density at radius 1 is 1.28 bits per heavy atom. The zero-order chi connectivity index (χ0) is 20.4. The third kappa shape index (κ3) is 4.24. The number of carbonyl (C=O) groups excluding carboxylic acids is 1. The molecule has 9 heteroatoms. The van der Waals surface area contributed by atoms with Gasteiger partial charge in [-0.25, -0.2) is 9.97 Å². The summed E-state index contributed by atoms with van der Waals surface area (Å²) in [5, 5.41) is 8.89. The second-order valence-corrected chi connectivity index (χ2v) is 8.54. The van der Waals surface area contributed by atoms with E-state index in [-0.39, 0.29) is 11.3 Å².